The number of likely N-dealkylation sites (tertiary alicyclic amines) is 1. The standard InChI is InChI=1S/C13H24ClN3/c1-17-6-2-3-9-12(15)10-7-8(14)4-5-11(10)16-13(9)17/h8-13,16H,2-7,15H2,1H3/p+1. The predicted octanol–water partition coefficient (Wildman–Crippen LogP) is 0.335. The number of fused-ring (bicyclic) bond motifs is 2. The van der Waals surface area contributed by atoms with Crippen molar-refractivity contribution in [3.8, 4) is 0 Å². The molecule has 17 heavy (non-hydrogen) atoms. The number of halogens is 1. The van der Waals surface area contributed by atoms with Gasteiger partial charge in [0.15, 0.2) is 0 Å². The Kier molecular flexibility index (Phi) is 3.37. The van der Waals surface area contributed by atoms with E-state index in [0.29, 0.717) is 29.4 Å². The molecule has 4 heteroatoms. The zero-order chi connectivity index (χ0) is 12.0. The lowest BCUT2D eigenvalue weighted by Crippen LogP contribution is -3.04. The molecule has 4 N–H and O–H groups in total. The first kappa shape index (κ1) is 12.2. The van der Waals surface area contributed by atoms with Gasteiger partial charge < -0.3 is 11.1 Å². The van der Waals surface area contributed by atoms with Crippen molar-refractivity contribution >= 4 is 11.6 Å². The molecule has 2 aliphatic heterocycles. The first-order valence-electron chi connectivity index (χ1n) is 7.11. The van der Waals surface area contributed by atoms with Crippen LogP contribution in [0.3, 0.4) is 0 Å². The van der Waals surface area contributed by atoms with Crippen LogP contribution in [0.2, 0.25) is 0 Å². The minimum absolute atomic E-state index is 0.369. The Labute approximate surface area is 109 Å². The number of alkyl halides is 1. The maximum absolute atomic E-state index is 6.56. The molecule has 0 aromatic rings. The van der Waals surface area contributed by atoms with Gasteiger partial charge in [0.05, 0.1) is 6.04 Å². The zero-order valence-corrected chi connectivity index (χ0v) is 11.4. The van der Waals surface area contributed by atoms with Crippen LogP contribution in [0.15, 0.2) is 0 Å². The molecule has 0 aromatic carbocycles. The lowest BCUT2D eigenvalue weighted by atomic mass is 9.69. The molecule has 3 aliphatic rings. The normalized spacial score (nSPS) is 51.7. The first-order valence-corrected chi connectivity index (χ1v) is 7.55. The van der Waals surface area contributed by atoms with Crippen LogP contribution >= 0.6 is 11.6 Å². The van der Waals surface area contributed by atoms with E-state index in [2.05, 4.69) is 17.3 Å². The second kappa shape index (κ2) is 4.69. The summed E-state index contributed by atoms with van der Waals surface area (Å²) in [5.41, 5.74) is 6.56. The second-order valence-corrected chi connectivity index (χ2v) is 6.90. The van der Waals surface area contributed by atoms with E-state index in [4.69, 9.17) is 17.3 Å². The molecule has 0 spiro atoms. The lowest BCUT2D eigenvalue weighted by molar-refractivity contribution is -0.765. The highest BCUT2D eigenvalue weighted by atomic mass is 35.5. The summed E-state index contributed by atoms with van der Waals surface area (Å²) in [4.78, 5) is 2.51. The average molecular weight is 259 g/mol. The van der Waals surface area contributed by atoms with Gasteiger partial charge in [0.1, 0.15) is 6.17 Å². The summed E-state index contributed by atoms with van der Waals surface area (Å²) in [5.74, 6) is 1.33. The molecule has 3 rings (SSSR count). The fourth-order valence-electron chi connectivity index (χ4n) is 4.36. The number of rotatable bonds is 0. The van der Waals surface area contributed by atoms with Crippen LogP contribution in [0.5, 0.6) is 0 Å². The monoisotopic (exact) mass is 258 g/mol. The Morgan fingerprint density at radius 3 is 2.88 bits per heavy atom. The maximum Gasteiger partial charge on any atom is 0.146 e. The number of hydrogen-bond donors (Lipinski definition) is 2. The van der Waals surface area contributed by atoms with Gasteiger partial charge in [-0.15, -0.1) is 11.6 Å². The van der Waals surface area contributed by atoms with Crippen LogP contribution in [0.1, 0.15) is 32.1 Å². The predicted molar refractivity (Wildman–Crippen MR) is 69.8 cm³/mol. The quantitative estimate of drug-likeness (QED) is 0.616. The van der Waals surface area contributed by atoms with Gasteiger partial charge in [-0.3, -0.25) is 4.90 Å². The molecule has 6 unspecified atom stereocenters. The van der Waals surface area contributed by atoms with Crippen molar-refractivity contribution in [2.75, 3.05) is 13.6 Å². The topological polar surface area (TPSA) is 45.9 Å². The van der Waals surface area contributed by atoms with Crippen molar-refractivity contribution in [3.05, 3.63) is 0 Å². The number of nitrogens with zero attached hydrogens (tertiary/aromatic N) is 1. The Hall–Kier alpha value is 0.170. The van der Waals surface area contributed by atoms with Gasteiger partial charge in [0.25, 0.3) is 0 Å². The van der Waals surface area contributed by atoms with Crippen molar-refractivity contribution in [2.45, 2.75) is 55.7 Å². The summed E-state index contributed by atoms with van der Waals surface area (Å²) in [5, 5.41) is 2.98. The third-order valence-corrected chi connectivity index (χ3v) is 5.72. The van der Waals surface area contributed by atoms with Crippen molar-refractivity contribution < 1.29 is 5.32 Å². The molecular weight excluding hydrogens is 234 g/mol. The molecule has 1 aliphatic carbocycles. The minimum Gasteiger partial charge on any atom is -0.328 e. The van der Waals surface area contributed by atoms with E-state index in [-0.39, 0.29) is 0 Å². The van der Waals surface area contributed by atoms with Crippen LogP contribution < -0.4 is 11.1 Å². The van der Waals surface area contributed by atoms with E-state index in [1.165, 1.54) is 32.2 Å². The van der Waals surface area contributed by atoms with Crippen molar-refractivity contribution in [1.29, 1.82) is 0 Å². The lowest BCUT2D eigenvalue weighted by Gasteiger charge is -2.51. The SMILES string of the molecule is CN1CCCC2C(N)C3CC(Cl)CCC3[NH2+]C21. The number of hydrogen-bond acceptors (Lipinski definition) is 2. The van der Waals surface area contributed by atoms with Gasteiger partial charge in [-0.25, -0.2) is 0 Å². The molecule has 0 amide bonds. The molecule has 0 bridgehead atoms. The maximum atomic E-state index is 6.56. The number of nitrogens with two attached hydrogens (primary N) is 2. The molecule has 0 aromatic heterocycles. The van der Waals surface area contributed by atoms with Gasteiger partial charge in [-0.1, -0.05) is 0 Å². The van der Waals surface area contributed by atoms with Crippen LogP contribution in [0.25, 0.3) is 0 Å². The largest absolute Gasteiger partial charge is 0.328 e. The molecule has 98 valence electrons. The van der Waals surface area contributed by atoms with Crippen LogP contribution in [0, 0.1) is 11.8 Å². The third-order valence-electron chi connectivity index (χ3n) is 5.32. The zero-order valence-electron chi connectivity index (χ0n) is 10.7. The Balaban J connectivity index is 1.78. The Morgan fingerprint density at radius 2 is 2.06 bits per heavy atom. The summed E-state index contributed by atoms with van der Waals surface area (Å²) in [6.45, 7) is 1.24. The summed E-state index contributed by atoms with van der Waals surface area (Å²) in [7, 11) is 2.26. The summed E-state index contributed by atoms with van der Waals surface area (Å²) >= 11 is 6.33. The summed E-state index contributed by atoms with van der Waals surface area (Å²) < 4.78 is 0. The molecule has 3 fully saturated rings. The van der Waals surface area contributed by atoms with E-state index in [1.807, 2.05) is 0 Å². The van der Waals surface area contributed by atoms with Gasteiger partial charge >= 0.3 is 0 Å². The molecular formula is C13H25ClN3+. The Bertz CT molecular complexity index is 284. The van der Waals surface area contributed by atoms with Gasteiger partial charge in [0.2, 0.25) is 0 Å². The molecule has 1 saturated carbocycles. The molecule has 6 atom stereocenters. The van der Waals surface area contributed by atoms with Gasteiger partial charge in [-0.05, 0) is 32.7 Å². The van der Waals surface area contributed by atoms with E-state index in [1.54, 1.807) is 0 Å². The van der Waals surface area contributed by atoms with Gasteiger partial charge in [0, 0.05) is 36.2 Å². The number of quaternary nitrogens is 1. The average Bonchev–Trinajstić information content (AvgIpc) is 2.32. The highest BCUT2D eigenvalue weighted by Gasteiger charge is 2.50. The Morgan fingerprint density at radius 1 is 1.24 bits per heavy atom. The van der Waals surface area contributed by atoms with E-state index in [9.17, 15) is 0 Å². The fourth-order valence-corrected chi connectivity index (χ4v) is 4.69. The summed E-state index contributed by atoms with van der Waals surface area (Å²) in [6.07, 6.45) is 6.81. The number of piperidine rings is 2. The molecule has 2 heterocycles. The summed E-state index contributed by atoms with van der Waals surface area (Å²) in [6, 6.07) is 1.10. The molecule has 3 nitrogen and oxygen atoms in total. The van der Waals surface area contributed by atoms with Crippen LogP contribution in [0.4, 0.5) is 0 Å². The van der Waals surface area contributed by atoms with E-state index in [0.717, 1.165) is 12.5 Å². The van der Waals surface area contributed by atoms with Crippen LogP contribution in [-0.4, -0.2) is 42.1 Å². The van der Waals surface area contributed by atoms with Gasteiger partial charge in [-0.2, -0.15) is 0 Å². The highest BCUT2D eigenvalue weighted by Crippen LogP contribution is 2.36. The smallest absolute Gasteiger partial charge is 0.146 e. The van der Waals surface area contributed by atoms with Crippen molar-refractivity contribution in [2.24, 2.45) is 17.6 Å². The van der Waals surface area contributed by atoms with Crippen molar-refractivity contribution in [1.82, 2.24) is 4.90 Å². The van der Waals surface area contributed by atoms with E-state index < -0.39 is 0 Å². The first-order chi connectivity index (χ1) is 8.16. The van der Waals surface area contributed by atoms with Crippen LogP contribution in [-0.2, 0) is 0 Å². The molecule has 2 saturated heterocycles. The third kappa shape index (κ3) is 2.12. The van der Waals surface area contributed by atoms with Crippen molar-refractivity contribution in [3.63, 3.8) is 0 Å². The minimum atomic E-state index is 0.369. The van der Waals surface area contributed by atoms with E-state index >= 15 is 0 Å². The highest BCUT2D eigenvalue weighted by molar-refractivity contribution is 6.20. The fraction of sp³-hybridized carbons (Fsp3) is 1.00. The molecule has 0 radical (unpaired) electrons. The second-order valence-electron chi connectivity index (χ2n) is 6.29.